The van der Waals surface area contributed by atoms with Gasteiger partial charge in [-0.2, -0.15) is 0 Å². The summed E-state index contributed by atoms with van der Waals surface area (Å²) in [6.07, 6.45) is 1.45. The number of ether oxygens (including phenoxy) is 1. The Balaban J connectivity index is 1.83. The first-order valence-corrected chi connectivity index (χ1v) is 12.2. The van der Waals surface area contributed by atoms with Crippen LogP contribution in [0.25, 0.3) is 0 Å². The highest BCUT2D eigenvalue weighted by molar-refractivity contribution is 5.83. The van der Waals surface area contributed by atoms with Gasteiger partial charge in [0.25, 0.3) is 0 Å². The quantitative estimate of drug-likeness (QED) is 0.331. The third-order valence-corrected chi connectivity index (χ3v) is 5.72. The Morgan fingerprint density at radius 1 is 0.789 bits per heavy atom. The van der Waals surface area contributed by atoms with E-state index in [1.165, 1.54) is 0 Å². The van der Waals surface area contributed by atoms with Gasteiger partial charge in [-0.05, 0) is 47.4 Å². The van der Waals surface area contributed by atoms with Crippen LogP contribution >= 0.6 is 0 Å². The number of nitrogens with zero attached hydrogens (tertiary/aromatic N) is 3. The first kappa shape index (κ1) is 26.3. The molecule has 0 aliphatic heterocycles. The third-order valence-electron chi connectivity index (χ3n) is 5.72. The molecular formula is C29H28N5O4-. The van der Waals surface area contributed by atoms with Crippen molar-refractivity contribution in [3.8, 4) is 0 Å². The van der Waals surface area contributed by atoms with Crippen molar-refractivity contribution in [2.24, 2.45) is 5.92 Å². The molecule has 9 heteroatoms. The summed E-state index contributed by atoms with van der Waals surface area (Å²) in [4.78, 5) is 37.2. The number of carbonyl (C=O) groups is 2. The number of hydrogen-bond acceptors (Lipinski definition) is 7. The van der Waals surface area contributed by atoms with Crippen LogP contribution in [-0.2, 0) is 4.74 Å². The molecule has 3 heterocycles. The maximum absolute atomic E-state index is 12.3. The molecule has 0 aliphatic rings. The van der Waals surface area contributed by atoms with Gasteiger partial charge in [0.15, 0.2) is 0 Å². The Morgan fingerprint density at radius 2 is 1.42 bits per heavy atom. The molecule has 4 rings (SSSR count). The van der Waals surface area contributed by atoms with E-state index < -0.39 is 18.1 Å². The Labute approximate surface area is 221 Å². The van der Waals surface area contributed by atoms with Crippen LogP contribution in [0.3, 0.4) is 0 Å². The molecule has 2 amide bonds. The van der Waals surface area contributed by atoms with E-state index in [1.807, 2.05) is 68.4 Å². The molecule has 0 spiro atoms. The summed E-state index contributed by atoms with van der Waals surface area (Å²) in [5.74, 6) is -0.103. The highest BCUT2D eigenvalue weighted by atomic mass is 16.5. The normalized spacial score (nSPS) is 12.4. The second-order valence-corrected chi connectivity index (χ2v) is 9.08. The lowest BCUT2D eigenvalue weighted by atomic mass is 9.77. The molecule has 1 aromatic carbocycles. The summed E-state index contributed by atoms with van der Waals surface area (Å²) in [7, 11) is 0. The van der Waals surface area contributed by atoms with Crippen LogP contribution in [0, 0.1) is 5.92 Å². The second-order valence-electron chi connectivity index (χ2n) is 9.08. The van der Waals surface area contributed by atoms with Crippen molar-refractivity contribution in [1.29, 1.82) is 0 Å². The van der Waals surface area contributed by atoms with E-state index in [0.29, 0.717) is 17.2 Å². The van der Waals surface area contributed by atoms with Crippen molar-refractivity contribution in [2.75, 3.05) is 17.2 Å². The molecule has 2 unspecified atom stereocenters. The highest BCUT2D eigenvalue weighted by Gasteiger charge is 2.31. The van der Waals surface area contributed by atoms with Gasteiger partial charge >= 0.3 is 6.09 Å². The topological polar surface area (TPSA) is 129 Å². The standard InChI is InChI=1S/C29H29N5O4/c1-19(2)18-38-29(37)34-25-15-7-13-23(32-25)27(22-12-6-14-24(31-22)33-28(35)36)26(20-9-4-3-5-10-20)21-11-8-16-30-17-21/h3-17,19,26-27H,18H2,1-2H3,(H,31,33)(H,35,36)(H,32,34,37)/p-1. The minimum Gasteiger partial charge on any atom is -0.530 e. The molecule has 0 fully saturated rings. The van der Waals surface area contributed by atoms with Gasteiger partial charge in [0.1, 0.15) is 17.7 Å². The second kappa shape index (κ2) is 12.4. The third kappa shape index (κ3) is 6.91. The minimum atomic E-state index is -1.46. The molecule has 2 atom stereocenters. The molecule has 194 valence electrons. The molecule has 0 radical (unpaired) electrons. The van der Waals surface area contributed by atoms with E-state index in [0.717, 1.165) is 11.1 Å². The zero-order chi connectivity index (χ0) is 26.9. The number of anilines is 2. The molecule has 9 nitrogen and oxygen atoms in total. The number of nitrogens with one attached hydrogen (secondary N) is 2. The lowest BCUT2D eigenvalue weighted by Crippen LogP contribution is -2.29. The number of rotatable bonds is 9. The number of benzene rings is 1. The van der Waals surface area contributed by atoms with Crippen molar-refractivity contribution in [3.63, 3.8) is 0 Å². The molecule has 38 heavy (non-hydrogen) atoms. The monoisotopic (exact) mass is 510 g/mol. The zero-order valence-electron chi connectivity index (χ0n) is 21.1. The predicted molar refractivity (Wildman–Crippen MR) is 142 cm³/mol. The summed E-state index contributed by atoms with van der Waals surface area (Å²) in [5, 5.41) is 16.1. The summed E-state index contributed by atoms with van der Waals surface area (Å²) in [6, 6.07) is 24.1. The number of carboxylic acid groups (broad SMARTS) is 1. The van der Waals surface area contributed by atoms with Gasteiger partial charge in [0.05, 0.1) is 23.9 Å². The Bertz CT molecular complexity index is 1330. The number of pyridine rings is 3. The first-order valence-electron chi connectivity index (χ1n) is 12.2. The molecule has 0 saturated carbocycles. The van der Waals surface area contributed by atoms with E-state index >= 15 is 0 Å². The fourth-order valence-corrected chi connectivity index (χ4v) is 4.17. The minimum absolute atomic E-state index is 0.136. The lowest BCUT2D eigenvalue weighted by Gasteiger charge is -2.28. The number of hydrogen-bond donors (Lipinski definition) is 2. The van der Waals surface area contributed by atoms with Gasteiger partial charge in [0, 0.05) is 18.3 Å². The number of aromatic nitrogens is 3. The van der Waals surface area contributed by atoms with Crippen LogP contribution in [0.2, 0.25) is 0 Å². The van der Waals surface area contributed by atoms with Gasteiger partial charge < -0.3 is 20.0 Å². The fraction of sp³-hybridized carbons (Fsp3) is 0.207. The van der Waals surface area contributed by atoms with Gasteiger partial charge in [0.2, 0.25) is 0 Å². The van der Waals surface area contributed by atoms with Crippen LogP contribution in [-0.4, -0.2) is 33.7 Å². The van der Waals surface area contributed by atoms with E-state index in [4.69, 9.17) is 9.72 Å². The van der Waals surface area contributed by atoms with Crippen LogP contribution in [0.4, 0.5) is 21.2 Å². The van der Waals surface area contributed by atoms with E-state index in [9.17, 15) is 14.7 Å². The largest absolute Gasteiger partial charge is 0.530 e. The number of amides is 2. The van der Waals surface area contributed by atoms with Gasteiger partial charge in [-0.25, -0.2) is 14.8 Å². The average Bonchev–Trinajstić information content (AvgIpc) is 2.91. The predicted octanol–water partition coefficient (Wildman–Crippen LogP) is 4.80. The van der Waals surface area contributed by atoms with Crippen molar-refractivity contribution < 1.29 is 19.4 Å². The van der Waals surface area contributed by atoms with Crippen molar-refractivity contribution >= 4 is 23.8 Å². The van der Waals surface area contributed by atoms with Gasteiger partial charge in [-0.1, -0.05) is 62.4 Å². The Kier molecular flexibility index (Phi) is 8.61. The summed E-state index contributed by atoms with van der Waals surface area (Å²) in [6.45, 7) is 4.19. The maximum atomic E-state index is 12.3. The first-order chi connectivity index (χ1) is 18.4. The van der Waals surface area contributed by atoms with Gasteiger partial charge in [-0.3, -0.25) is 10.3 Å². The van der Waals surface area contributed by atoms with Crippen LogP contribution in [0.1, 0.15) is 48.2 Å². The summed E-state index contributed by atoms with van der Waals surface area (Å²) < 4.78 is 5.25. The summed E-state index contributed by atoms with van der Waals surface area (Å²) >= 11 is 0. The number of carbonyl (C=O) groups excluding carboxylic acids is 2. The maximum Gasteiger partial charge on any atom is 0.412 e. The van der Waals surface area contributed by atoms with Crippen molar-refractivity contribution in [2.45, 2.75) is 25.7 Å². The van der Waals surface area contributed by atoms with Crippen LogP contribution < -0.4 is 15.7 Å². The smallest absolute Gasteiger partial charge is 0.412 e. The van der Waals surface area contributed by atoms with E-state index in [2.05, 4.69) is 20.6 Å². The molecular weight excluding hydrogens is 482 g/mol. The molecule has 2 N–H and O–H groups in total. The fourth-order valence-electron chi connectivity index (χ4n) is 4.17. The van der Waals surface area contributed by atoms with E-state index in [1.54, 1.807) is 36.7 Å². The summed E-state index contributed by atoms with van der Waals surface area (Å²) in [5.41, 5.74) is 3.09. The molecule has 4 aromatic rings. The molecule has 0 bridgehead atoms. The Morgan fingerprint density at radius 3 is 2.00 bits per heavy atom. The average molecular weight is 511 g/mol. The van der Waals surface area contributed by atoms with Crippen LogP contribution in [0.5, 0.6) is 0 Å². The van der Waals surface area contributed by atoms with Gasteiger partial charge in [-0.15, -0.1) is 0 Å². The van der Waals surface area contributed by atoms with Crippen molar-refractivity contribution in [3.05, 3.63) is 114 Å². The molecule has 3 aromatic heterocycles. The molecule has 0 saturated heterocycles. The van der Waals surface area contributed by atoms with Crippen molar-refractivity contribution in [1.82, 2.24) is 15.0 Å². The van der Waals surface area contributed by atoms with E-state index in [-0.39, 0.29) is 24.3 Å². The Hall–Kier alpha value is -4.79. The molecule has 0 aliphatic carbocycles. The SMILES string of the molecule is CC(C)COC(=O)Nc1cccc(C(c2cccc(NC(=O)[O-])n2)C(c2ccccc2)c2cccnc2)n1. The zero-order valence-corrected chi connectivity index (χ0v) is 21.1. The van der Waals surface area contributed by atoms with Crippen LogP contribution in [0.15, 0.2) is 91.3 Å². The lowest BCUT2D eigenvalue weighted by molar-refractivity contribution is -0.242. The highest BCUT2D eigenvalue weighted by Crippen LogP contribution is 2.41.